The quantitative estimate of drug-likeness (QED) is 0.293. The topological polar surface area (TPSA) is 8.81 Å². The number of allylic oxidation sites excluding steroid dienone is 1. The van der Waals surface area contributed by atoms with Crippen LogP contribution in [-0.4, -0.2) is 4.57 Å². The fraction of sp³-hybridized carbons (Fsp3) is 0.0741. The number of hydrogen-bond donors (Lipinski definition) is 0. The van der Waals surface area contributed by atoms with Crippen LogP contribution < -0.4 is 4.57 Å². The number of para-hydroxylation sites is 2. The maximum absolute atomic E-state index is 5.98. The molecule has 0 fully saturated rings. The summed E-state index contributed by atoms with van der Waals surface area (Å²) in [5.41, 5.74) is 4.93. The number of aromatic nitrogens is 2. The van der Waals surface area contributed by atoms with Crippen LogP contribution in [0.5, 0.6) is 0 Å². The van der Waals surface area contributed by atoms with Crippen molar-refractivity contribution in [3.63, 3.8) is 0 Å². The Hall–Kier alpha value is -3.36. The minimum Gasteiger partial charge on any atom is -0.226 e. The molecule has 0 bridgehead atoms. The van der Waals surface area contributed by atoms with Crippen LogP contribution in [0.4, 0.5) is 0 Å². The molecular formula is C27H22ClN2+. The van der Waals surface area contributed by atoms with Crippen molar-refractivity contribution in [3.8, 4) is 0 Å². The molecule has 0 aliphatic rings. The molecule has 0 unspecified atom stereocenters. The molecule has 0 N–H and O–H groups in total. The Labute approximate surface area is 181 Å². The molecule has 5 aromatic rings. The molecule has 4 aromatic carbocycles. The Morgan fingerprint density at radius 3 is 2.43 bits per heavy atom. The van der Waals surface area contributed by atoms with E-state index >= 15 is 0 Å². The van der Waals surface area contributed by atoms with Crippen LogP contribution >= 0.6 is 11.6 Å². The van der Waals surface area contributed by atoms with Crippen molar-refractivity contribution in [2.24, 2.45) is 0 Å². The molecule has 0 aliphatic heterocycles. The lowest BCUT2D eigenvalue weighted by Gasteiger charge is -2.02. The Kier molecular flexibility index (Phi) is 5.08. The van der Waals surface area contributed by atoms with Gasteiger partial charge in [0.25, 0.3) is 0 Å². The molecule has 3 heteroatoms. The van der Waals surface area contributed by atoms with Crippen LogP contribution in [0.2, 0.25) is 5.02 Å². The third-order valence-corrected chi connectivity index (χ3v) is 5.68. The highest BCUT2D eigenvalue weighted by molar-refractivity contribution is 6.30. The number of halogens is 1. The molecule has 5 rings (SSSR count). The van der Waals surface area contributed by atoms with E-state index in [1.165, 1.54) is 27.4 Å². The van der Waals surface area contributed by atoms with Crippen molar-refractivity contribution < 1.29 is 4.57 Å². The van der Waals surface area contributed by atoms with Crippen molar-refractivity contribution in [1.29, 1.82) is 0 Å². The van der Waals surface area contributed by atoms with Gasteiger partial charge in [0.15, 0.2) is 11.0 Å². The van der Waals surface area contributed by atoms with Crippen LogP contribution in [0.15, 0.2) is 103 Å². The summed E-state index contributed by atoms with van der Waals surface area (Å²) in [6.07, 6.45) is 6.54. The van der Waals surface area contributed by atoms with Gasteiger partial charge in [-0.1, -0.05) is 78.3 Å². The van der Waals surface area contributed by atoms with Crippen LogP contribution in [0.1, 0.15) is 11.1 Å². The average Bonchev–Trinajstić information content (AvgIpc) is 3.12. The highest BCUT2D eigenvalue weighted by Gasteiger charge is 2.14. The molecule has 0 aliphatic carbocycles. The summed E-state index contributed by atoms with van der Waals surface area (Å²) in [4.78, 5) is 0. The minimum absolute atomic E-state index is 0.762. The lowest BCUT2D eigenvalue weighted by molar-refractivity contribution is -0.663. The minimum atomic E-state index is 0.762. The average molecular weight is 410 g/mol. The predicted molar refractivity (Wildman–Crippen MR) is 126 cm³/mol. The summed E-state index contributed by atoms with van der Waals surface area (Å²) in [5, 5.41) is 3.32. The molecule has 0 saturated carbocycles. The Balaban J connectivity index is 1.43. The summed E-state index contributed by atoms with van der Waals surface area (Å²) < 4.78 is 4.62. The number of imidazole rings is 1. The maximum atomic E-state index is 5.98. The highest BCUT2D eigenvalue weighted by Crippen LogP contribution is 2.17. The fourth-order valence-electron chi connectivity index (χ4n) is 3.92. The van der Waals surface area contributed by atoms with Gasteiger partial charge in [0.1, 0.15) is 13.1 Å². The standard InChI is InChI=1S/C27H22ClN2/c28-25-15-12-21(13-16-25)6-5-17-29-20-30(27-10-4-3-9-26(27)29)19-22-11-14-23-7-1-2-8-24(23)18-22/h1-16,18,20H,17,19H2/q+1/b6-5+. The van der Waals surface area contributed by atoms with Crippen molar-refractivity contribution >= 4 is 39.5 Å². The predicted octanol–water partition coefficient (Wildman–Crippen LogP) is 6.50. The van der Waals surface area contributed by atoms with Crippen LogP contribution in [-0.2, 0) is 13.1 Å². The van der Waals surface area contributed by atoms with E-state index in [1.807, 2.05) is 24.3 Å². The molecule has 0 spiro atoms. The van der Waals surface area contributed by atoms with Crippen molar-refractivity contribution in [2.75, 3.05) is 0 Å². The maximum Gasteiger partial charge on any atom is 0.245 e. The van der Waals surface area contributed by atoms with E-state index in [1.54, 1.807) is 0 Å². The Bertz CT molecular complexity index is 1350. The third kappa shape index (κ3) is 3.87. The molecule has 2 nitrogen and oxygen atoms in total. The molecule has 0 saturated heterocycles. The van der Waals surface area contributed by atoms with Crippen LogP contribution in [0, 0.1) is 0 Å². The summed E-state index contributed by atoms with van der Waals surface area (Å²) in [7, 11) is 0. The van der Waals surface area contributed by atoms with Crippen molar-refractivity contribution in [1.82, 2.24) is 4.57 Å². The number of benzene rings is 4. The largest absolute Gasteiger partial charge is 0.245 e. The van der Waals surface area contributed by atoms with Crippen LogP contribution in [0.3, 0.4) is 0 Å². The van der Waals surface area contributed by atoms with Gasteiger partial charge in [0.05, 0.1) is 0 Å². The lowest BCUT2D eigenvalue weighted by atomic mass is 10.1. The van der Waals surface area contributed by atoms with Gasteiger partial charge in [0, 0.05) is 5.02 Å². The third-order valence-electron chi connectivity index (χ3n) is 5.43. The van der Waals surface area contributed by atoms with Crippen molar-refractivity contribution in [3.05, 3.63) is 120 Å². The molecule has 1 aromatic heterocycles. The van der Waals surface area contributed by atoms with E-state index in [0.717, 1.165) is 23.7 Å². The fourth-order valence-corrected chi connectivity index (χ4v) is 4.05. The first-order valence-corrected chi connectivity index (χ1v) is 10.5. The van der Waals surface area contributed by atoms with Crippen molar-refractivity contribution in [2.45, 2.75) is 13.1 Å². The SMILES string of the molecule is Clc1ccc(/C=C/Cn2c[n+](Cc3ccc4ccccc4c3)c3ccccc32)cc1. The second-order valence-electron chi connectivity index (χ2n) is 7.52. The number of fused-ring (bicyclic) bond motifs is 2. The molecule has 0 atom stereocenters. The van der Waals surface area contributed by atoms with Gasteiger partial charge < -0.3 is 0 Å². The normalized spacial score (nSPS) is 11.6. The van der Waals surface area contributed by atoms with E-state index in [9.17, 15) is 0 Å². The van der Waals surface area contributed by atoms with Gasteiger partial charge >= 0.3 is 0 Å². The summed E-state index contributed by atoms with van der Waals surface area (Å²) in [6, 6.07) is 31.7. The Morgan fingerprint density at radius 2 is 1.57 bits per heavy atom. The summed E-state index contributed by atoms with van der Waals surface area (Å²) in [6.45, 7) is 1.66. The first kappa shape index (κ1) is 18.7. The number of rotatable bonds is 5. The van der Waals surface area contributed by atoms with E-state index in [0.29, 0.717) is 0 Å². The van der Waals surface area contributed by atoms with E-state index in [4.69, 9.17) is 11.6 Å². The second kappa shape index (κ2) is 8.17. The zero-order valence-corrected chi connectivity index (χ0v) is 17.3. The molecule has 146 valence electrons. The highest BCUT2D eigenvalue weighted by atomic mass is 35.5. The zero-order valence-electron chi connectivity index (χ0n) is 16.6. The lowest BCUT2D eigenvalue weighted by Crippen LogP contribution is -2.32. The summed E-state index contributed by atoms with van der Waals surface area (Å²) in [5.74, 6) is 0. The van der Waals surface area contributed by atoms with Gasteiger partial charge in [-0.25, -0.2) is 9.13 Å². The molecule has 30 heavy (non-hydrogen) atoms. The number of nitrogens with zero attached hydrogens (tertiary/aromatic N) is 2. The first-order chi connectivity index (χ1) is 14.8. The van der Waals surface area contributed by atoms with Gasteiger partial charge in [0.2, 0.25) is 6.33 Å². The summed E-state index contributed by atoms with van der Waals surface area (Å²) >= 11 is 5.98. The van der Waals surface area contributed by atoms with Gasteiger partial charge in [-0.3, -0.25) is 0 Å². The van der Waals surface area contributed by atoms with E-state index in [2.05, 4.69) is 94.3 Å². The first-order valence-electron chi connectivity index (χ1n) is 10.1. The molecule has 0 amide bonds. The molecule has 1 heterocycles. The van der Waals surface area contributed by atoms with Gasteiger partial charge in [-0.2, -0.15) is 0 Å². The second-order valence-corrected chi connectivity index (χ2v) is 7.96. The van der Waals surface area contributed by atoms with E-state index in [-0.39, 0.29) is 0 Å². The Morgan fingerprint density at radius 1 is 0.800 bits per heavy atom. The molecule has 0 radical (unpaired) electrons. The monoisotopic (exact) mass is 409 g/mol. The van der Waals surface area contributed by atoms with E-state index < -0.39 is 0 Å². The van der Waals surface area contributed by atoms with Gasteiger partial charge in [-0.15, -0.1) is 0 Å². The smallest absolute Gasteiger partial charge is 0.226 e. The van der Waals surface area contributed by atoms with Gasteiger partial charge in [-0.05, 0) is 58.3 Å². The molecular weight excluding hydrogens is 388 g/mol. The zero-order chi connectivity index (χ0) is 20.3. The van der Waals surface area contributed by atoms with Crippen LogP contribution in [0.25, 0.3) is 27.9 Å². The number of hydrogen-bond acceptors (Lipinski definition) is 0.